The Labute approximate surface area is 112 Å². The molecule has 1 atom stereocenters. The zero-order valence-corrected chi connectivity index (χ0v) is 11.5. The van der Waals surface area contributed by atoms with Crippen LogP contribution >= 0.6 is 0 Å². The number of ether oxygens (including phenoxy) is 1. The minimum atomic E-state index is 0.106. The Balaban J connectivity index is 2.46. The summed E-state index contributed by atoms with van der Waals surface area (Å²) in [7, 11) is 1.67. The van der Waals surface area contributed by atoms with Crippen molar-refractivity contribution in [2.24, 2.45) is 0 Å². The molecule has 102 valence electrons. The number of aromatic nitrogens is 4. The Hall–Kier alpha value is -1.95. The minimum Gasteiger partial charge on any atom is -0.398 e. The molecular weight excluding hydrogens is 242 g/mol. The van der Waals surface area contributed by atoms with Crippen molar-refractivity contribution < 1.29 is 4.74 Å². The maximum Gasteiger partial charge on any atom is 0.184 e. The molecule has 2 aromatic rings. The second-order valence-electron chi connectivity index (χ2n) is 4.50. The Bertz CT molecular complexity index is 552. The number of benzene rings is 1. The lowest BCUT2D eigenvalue weighted by Crippen LogP contribution is -2.17. The van der Waals surface area contributed by atoms with Gasteiger partial charge >= 0.3 is 0 Å². The van der Waals surface area contributed by atoms with Gasteiger partial charge in [0.25, 0.3) is 0 Å². The molecule has 1 heterocycles. The van der Waals surface area contributed by atoms with Crippen LogP contribution in [0.2, 0.25) is 0 Å². The predicted octanol–water partition coefficient (Wildman–Crippen LogP) is 1.83. The zero-order chi connectivity index (χ0) is 13.8. The number of nitrogen functional groups attached to an aromatic ring is 1. The van der Waals surface area contributed by atoms with E-state index in [0.717, 1.165) is 17.5 Å². The molecule has 0 fully saturated rings. The van der Waals surface area contributed by atoms with Crippen molar-refractivity contribution >= 4 is 5.69 Å². The number of hydrogen-bond donors (Lipinski definition) is 1. The van der Waals surface area contributed by atoms with E-state index in [2.05, 4.69) is 22.4 Å². The summed E-state index contributed by atoms with van der Waals surface area (Å²) in [6.45, 7) is 4.62. The van der Waals surface area contributed by atoms with Gasteiger partial charge in [-0.05, 0) is 35.4 Å². The molecule has 0 bridgehead atoms. The third-order valence-corrected chi connectivity index (χ3v) is 3.23. The maximum atomic E-state index is 6.12. The fourth-order valence-electron chi connectivity index (χ4n) is 2.05. The van der Waals surface area contributed by atoms with E-state index in [1.165, 1.54) is 0 Å². The SMILES string of the molecule is CCC(COC)n1nnnc1-c1cccc(C)c1N. The van der Waals surface area contributed by atoms with Gasteiger partial charge in [-0.15, -0.1) is 5.10 Å². The van der Waals surface area contributed by atoms with Crippen LogP contribution in [0.15, 0.2) is 18.2 Å². The van der Waals surface area contributed by atoms with Crippen LogP contribution in [0.3, 0.4) is 0 Å². The summed E-state index contributed by atoms with van der Waals surface area (Å²) in [5, 5.41) is 12.0. The lowest BCUT2D eigenvalue weighted by molar-refractivity contribution is 0.147. The van der Waals surface area contributed by atoms with Gasteiger partial charge in [-0.25, -0.2) is 4.68 Å². The fourth-order valence-corrected chi connectivity index (χ4v) is 2.05. The van der Waals surface area contributed by atoms with E-state index in [4.69, 9.17) is 10.5 Å². The van der Waals surface area contributed by atoms with Gasteiger partial charge in [0.05, 0.1) is 12.6 Å². The van der Waals surface area contributed by atoms with Crippen LogP contribution in [-0.4, -0.2) is 33.9 Å². The number of para-hydroxylation sites is 1. The van der Waals surface area contributed by atoms with Gasteiger partial charge in [0.15, 0.2) is 5.82 Å². The second kappa shape index (κ2) is 5.79. The first-order chi connectivity index (χ1) is 9.19. The number of aryl methyl sites for hydroxylation is 1. The monoisotopic (exact) mass is 261 g/mol. The summed E-state index contributed by atoms with van der Waals surface area (Å²) in [6, 6.07) is 5.97. The highest BCUT2D eigenvalue weighted by atomic mass is 16.5. The van der Waals surface area contributed by atoms with Crippen molar-refractivity contribution in [1.29, 1.82) is 0 Å². The van der Waals surface area contributed by atoms with Crippen LogP contribution in [0.4, 0.5) is 5.69 Å². The highest BCUT2D eigenvalue weighted by Gasteiger charge is 2.18. The normalized spacial score (nSPS) is 12.6. The smallest absolute Gasteiger partial charge is 0.184 e. The van der Waals surface area contributed by atoms with Gasteiger partial charge in [0, 0.05) is 18.4 Å². The summed E-state index contributed by atoms with van der Waals surface area (Å²) in [5.74, 6) is 0.685. The molecule has 19 heavy (non-hydrogen) atoms. The number of methoxy groups -OCH3 is 1. The quantitative estimate of drug-likeness (QED) is 0.831. The standard InChI is InChI=1S/C13H19N5O/c1-4-10(8-19-3)18-13(15-16-17-18)11-7-5-6-9(2)12(11)14/h5-7,10H,4,8,14H2,1-3H3. The number of nitrogens with zero attached hydrogens (tertiary/aromatic N) is 4. The molecule has 0 saturated heterocycles. The molecule has 0 spiro atoms. The number of anilines is 1. The van der Waals surface area contributed by atoms with E-state index >= 15 is 0 Å². The van der Waals surface area contributed by atoms with Crippen LogP contribution in [0, 0.1) is 6.92 Å². The molecule has 1 aromatic carbocycles. The maximum absolute atomic E-state index is 6.12. The number of nitrogens with two attached hydrogens (primary N) is 1. The summed E-state index contributed by atoms with van der Waals surface area (Å²) in [4.78, 5) is 0. The van der Waals surface area contributed by atoms with Gasteiger partial charge < -0.3 is 10.5 Å². The number of tetrazole rings is 1. The summed E-state index contributed by atoms with van der Waals surface area (Å²) < 4.78 is 7.00. The molecule has 1 aromatic heterocycles. The van der Waals surface area contributed by atoms with Crippen molar-refractivity contribution in [2.45, 2.75) is 26.3 Å². The molecule has 2 N–H and O–H groups in total. The Morgan fingerprint density at radius 3 is 2.89 bits per heavy atom. The van der Waals surface area contributed by atoms with Crippen molar-refractivity contribution in [2.75, 3.05) is 19.5 Å². The van der Waals surface area contributed by atoms with Crippen molar-refractivity contribution in [1.82, 2.24) is 20.2 Å². The molecular formula is C13H19N5O. The zero-order valence-electron chi connectivity index (χ0n) is 11.5. The van der Waals surface area contributed by atoms with E-state index in [9.17, 15) is 0 Å². The third kappa shape index (κ3) is 2.58. The second-order valence-corrected chi connectivity index (χ2v) is 4.50. The Kier molecular flexibility index (Phi) is 4.11. The van der Waals surface area contributed by atoms with Crippen LogP contribution < -0.4 is 5.73 Å². The number of hydrogen-bond acceptors (Lipinski definition) is 5. The predicted molar refractivity (Wildman–Crippen MR) is 73.6 cm³/mol. The van der Waals surface area contributed by atoms with Crippen LogP contribution in [0.25, 0.3) is 11.4 Å². The molecule has 0 amide bonds. The highest BCUT2D eigenvalue weighted by Crippen LogP contribution is 2.28. The highest BCUT2D eigenvalue weighted by molar-refractivity contribution is 5.74. The fraction of sp³-hybridized carbons (Fsp3) is 0.462. The summed E-state index contributed by atoms with van der Waals surface area (Å²) >= 11 is 0. The van der Waals surface area contributed by atoms with E-state index in [0.29, 0.717) is 18.1 Å². The molecule has 2 rings (SSSR count). The lowest BCUT2D eigenvalue weighted by Gasteiger charge is -2.16. The minimum absolute atomic E-state index is 0.106. The van der Waals surface area contributed by atoms with Gasteiger partial charge in [-0.3, -0.25) is 0 Å². The van der Waals surface area contributed by atoms with E-state index < -0.39 is 0 Å². The first-order valence-electron chi connectivity index (χ1n) is 6.31. The largest absolute Gasteiger partial charge is 0.398 e. The molecule has 0 radical (unpaired) electrons. The Morgan fingerprint density at radius 2 is 2.21 bits per heavy atom. The van der Waals surface area contributed by atoms with Crippen LogP contribution in [0.1, 0.15) is 24.9 Å². The average molecular weight is 261 g/mol. The molecule has 0 aliphatic rings. The number of rotatable bonds is 5. The van der Waals surface area contributed by atoms with E-state index in [1.54, 1.807) is 11.8 Å². The van der Waals surface area contributed by atoms with Crippen LogP contribution in [0.5, 0.6) is 0 Å². The molecule has 6 nitrogen and oxygen atoms in total. The van der Waals surface area contributed by atoms with E-state index in [1.807, 2.05) is 25.1 Å². The summed E-state index contributed by atoms with van der Waals surface area (Å²) in [6.07, 6.45) is 0.887. The van der Waals surface area contributed by atoms with Gasteiger partial charge in [0.1, 0.15) is 0 Å². The van der Waals surface area contributed by atoms with Crippen molar-refractivity contribution in [3.8, 4) is 11.4 Å². The molecule has 0 aliphatic carbocycles. The van der Waals surface area contributed by atoms with Gasteiger partial charge in [0.2, 0.25) is 0 Å². The third-order valence-electron chi connectivity index (χ3n) is 3.23. The molecule has 0 saturated carbocycles. The van der Waals surface area contributed by atoms with Crippen LogP contribution in [-0.2, 0) is 4.74 Å². The first-order valence-corrected chi connectivity index (χ1v) is 6.31. The first kappa shape index (κ1) is 13.5. The molecule has 1 unspecified atom stereocenters. The Morgan fingerprint density at radius 1 is 1.42 bits per heavy atom. The average Bonchev–Trinajstić information content (AvgIpc) is 2.88. The molecule has 0 aliphatic heterocycles. The van der Waals surface area contributed by atoms with Crippen molar-refractivity contribution in [3.63, 3.8) is 0 Å². The summed E-state index contributed by atoms with van der Waals surface area (Å²) in [5.41, 5.74) is 8.71. The topological polar surface area (TPSA) is 78.8 Å². The van der Waals surface area contributed by atoms with Crippen molar-refractivity contribution in [3.05, 3.63) is 23.8 Å². The van der Waals surface area contributed by atoms with Gasteiger partial charge in [-0.1, -0.05) is 19.1 Å². The lowest BCUT2D eigenvalue weighted by atomic mass is 10.1. The van der Waals surface area contributed by atoms with E-state index in [-0.39, 0.29) is 6.04 Å². The van der Waals surface area contributed by atoms with Gasteiger partial charge in [-0.2, -0.15) is 0 Å². The molecule has 6 heteroatoms.